The molecule has 0 radical (unpaired) electrons. The molecule has 0 saturated carbocycles. The van der Waals surface area contributed by atoms with Gasteiger partial charge in [-0.05, 0) is 12.1 Å². The monoisotopic (exact) mass is 327 g/mol. The zero-order chi connectivity index (χ0) is 15.7. The molecule has 0 aliphatic carbocycles. The topological polar surface area (TPSA) is 75.5 Å². The number of aliphatic carboxylic acids is 1. The van der Waals surface area contributed by atoms with Crippen molar-refractivity contribution in [2.24, 2.45) is 0 Å². The summed E-state index contributed by atoms with van der Waals surface area (Å²) < 4.78 is 35.7. The minimum absolute atomic E-state index is 0.154. The third-order valence-corrected chi connectivity index (χ3v) is 3.93. The quantitative estimate of drug-likeness (QED) is 0.926. The van der Waals surface area contributed by atoms with Gasteiger partial charge in [0.25, 0.3) is 0 Å². The van der Waals surface area contributed by atoms with Crippen LogP contribution in [0, 0.1) is 11.6 Å². The molecule has 6 nitrogen and oxygen atoms in total. The van der Waals surface area contributed by atoms with Crippen molar-refractivity contribution < 1.29 is 23.4 Å². The Balaban J connectivity index is 1.82. The molecule has 0 spiro atoms. The van der Waals surface area contributed by atoms with Gasteiger partial charge in [0.05, 0.1) is 13.2 Å². The minimum atomic E-state index is -1.04. The largest absolute Gasteiger partial charge is 0.479 e. The lowest BCUT2D eigenvalue weighted by Gasteiger charge is -2.30. The average Bonchev–Trinajstić information content (AvgIpc) is 2.96. The van der Waals surface area contributed by atoms with Crippen molar-refractivity contribution in [2.45, 2.75) is 6.10 Å². The Morgan fingerprint density at radius 2 is 2.09 bits per heavy atom. The second-order valence-corrected chi connectivity index (χ2v) is 5.43. The summed E-state index contributed by atoms with van der Waals surface area (Å²) in [6.07, 6.45) is -0.923. The second kappa shape index (κ2) is 5.93. The molecule has 1 aromatic heterocycles. The number of ether oxygens (including phenoxy) is 1. The summed E-state index contributed by atoms with van der Waals surface area (Å²) in [5.41, 5.74) is 0.239. The fourth-order valence-corrected chi connectivity index (χ4v) is 2.84. The minimum Gasteiger partial charge on any atom is -0.479 e. The van der Waals surface area contributed by atoms with Crippen LogP contribution in [0.1, 0.15) is 0 Å². The van der Waals surface area contributed by atoms with Gasteiger partial charge in [-0.2, -0.15) is 9.36 Å². The van der Waals surface area contributed by atoms with Gasteiger partial charge in [-0.25, -0.2) is 13.6 Å². The zero-order valence-corrected chi connectivity index (χ0v) is 12.0. The highest BCUT2D eigenvalue weighted by atomic mass is 32.1. The lowest BCUT2D eigenvalue weighted by molar-refractivity contribution is -0.150. The third-order valence-electron chi connectivity index (χ3n) is 3.15. The van der Waals surface area contributed by atoms with Gasteiger partial charge in [-0.15, -0.1) is 0 Å². The van der Waals surface area contributed by atoms with Crippen LogP contribution < -0.4 is 4.90 Å². The van der Waals surface area contributed by atoms with Crippen molar-refractivity contribution in [2.75, 3.05) is 24.6 Å². The Labute approximate surface area is 128 Å². The molecule has 9 heteroatoms. The van der Waals surface area contributed by atoms with E-state index < -0.39 is 23.7 Å². The van der Waals surface area contributed by atoms with Crippen molar-refractivity contribution in [3.05, 3.63) is 29.8 Å². The molecule has 1 N–H and O–H groups in total. The first-order chi connectivity index (χ1) is 10.5. The van der Waals surface area contributed by atoms with E-state index in [0.717, 1.165) is 29.7 Å². The van der Waals surface area contributed by atoms with Crippen molar-refractivity contribution in [1.29, 1.82) is 0 Å². The number of aromatic nitrogens is 2. The van der Waals surface area contributed by atoms with E-state index in [1.165, 1.54) is 0 Å². The van der Waals surface area contributed by atoms with Gasteiger partial charge in [0, 0.05) is 29.7 Å². The molecule has 1 aliphatic rings. The summed E-state index contributed by atoms with van der Waals surface area (Å²) in [7, 11) is 0. The molecule has 1 atom stereocenters. The number of carbonyl (C=O) groups is 1. The molecule has 0 bridgehead atoms. The van der Waals surface area contributed by atoms with E-state index >= 15 is 0 Å². The highest BCUT2D eigenvalue weighted by Gasteiger charge is 2.28. The summed E-state index contributed by atoms with van der Waals surface area (Å²) in [6.45, 7) is 0.901. The SMILES string of the molecule is O=C(O)C1CN(c2nc(-c3cc(F)cc(F)c3)ns2)CCO1. The molecule has 22 heavy (non-hydrogen) atoms. The Hall–Kier alpha value is -2.13. The molecular weight excluding hydrogens is 316 g/mol. The molecule has 1 saturated heterocycles. The zero-order valence-electron chi connectivity index (χ0n) is 11.2. The number of morpholine rings is 1. The van der Waals surface area contributed by atoms with Crippen LogP contribution in [-0.2, 0) is 9.53 Å². The van der Waals surface area contributed by atoms with Gasteiger partial charge < -0.3 is 14.7 Å². The van der Waals surface area contributed by atoms with Gasteiger partial charge in [-0.3, -0.25) is 0 Å². The van der Waals surface area contributed by atoms with E-state index in [0.29, 0.717) is 11.7 Å². The predicted octanol–water partition coefficient (Wildman–Crippen LogP) is 1.77. The molecule has 116 valence electrons. The molecular formula is C13H11F2N3O3S. The van der Waals surface area contributed by atoms with Crippen LogP contribution in [0.2, 0.25) is 0 Å². The molecule has 0 amide bonds. The van der Waals surface area contributed by atoms with E-state index in [1.807, 2.05) is 0 Å². The molecule has 2 aromatic rings. The number of benzene rings is 1. The van der Waals surface area contributed by atoms with E-state index in [-0.39, 0.29) is 24.5 Å². The van der Waals surface area contributed by atoms with E-state index in [1.54, 1.807) is 4.90 Å². The van der Waals surface area contributed by atoms with Crippen LogP contribution in [-0.4, -0.2) is 46.2 Å². The molecule has 3 rings (SSSR count). The number of carboxylic acid groups (broad SMARTS) is 1. The molecule has 1 aromatic carbocycles. The molecule has 1 unspecified atom stereocenters. The van der Waals surface area contributed by atoms with Gasteiger partial charge in [0.15, 0.2) is 11.9 Å². The normalized spacial score (nSPS) is 18.5. The maximum Gasteiger partial charge on any atom is 0.334 e. The average molecular weight is 327 g/mol. The van der Waals surface area contributed by atoms with Crippen molar-refractivity contribution in [3.8, 4) is 11.4 Å². The number of carboxylic acids is 1. The van der Waals surface area contributed by atoms with Crippen LogP contribution in [0.15, 0.2) is 18.2 Å². The Morgan fingerprint density at radius 1 is 1.36 bits per heavy atom. The summed E-state index contributed by atoms with van der Waals surface area (Å²) in [6, 6.07) is 3.07. The van der Waals surface area contributed by atoms with Gasteiger partial charge >= 0.3 is 5.97 Å². The van der Waals surface area contributed by atoms with Gasteiger partial charge in [-0.1, -0.05) is 0 Å². The van der Waals surface area contributed by atoms with Crippen LogP contribution in [0.5, 0.6) is 0 Å². The number of halogens is 2. The van der Waals surface area contributed by atoms with Crippen molar-refractivity contribution >= 4 is 22.6 Å². The van der Waals surface area contributed by atoms with E-state index in [4.69, 9.17) is 9.84 Å². The standard InChI is InChI=1S/C13H11F2N3O3S/c14-8-3-7(4-9(15)5-8)11-16-13(22-17-11)18-1-2-21-10(6-18)12(19)20/h3-5,10H,1-2,6H2,(H,19,20). The number of hydrogen-bond donors (Lipinski definition) is 1. The fraction of sp³-hybridized carbons (Fsp3) is 0.308. The first-order valence-corrected chi connectivity index (χ1v) is 7.20. The van der Waals surface area contributed by atoms with Gasteiger partial charge in [0.1, 0.15) is 11.6 Å². The van der Waals surface area contributed by atoms with Gasteiger partial charge in [0.2, 0.25) is 5.13 Å². The number of nitrogens with zero attached hydrogens (tertiary/aromatic N) is 3. The fourth-order valence-electron chi connectivity index (χ4n) is 2.12. The number of hydrogen-bond acceptors (Lipinski definition) is 6. The smallest absolute Gasteiger partial charge is 0.334 e. The Kier molecular flexibility index (Phi) is 3.99. The Bertz CT molecular complexity index is 689. The summed E-state index contributed by atoms with van der Waals surface area (Å²) in [4.78, 5) is 16.9. The number of anilines is 1. The third kappa shape index (κ3) is 3.04. The first kappa shape index (κ1) is 14.8. The second-order valence-electron chi connectivity index (χ2n) is 4.70. The summed E-state index contributed by atoms with van der Waals surface area (Å²) >= 11 is 1.05. The van der Waals surface area contributed by atoms with Crippen LogP contribution in [0.25, 0.3) is 11.4 Å². The summed E-state index contributed by atoms with van der Waals surface area (Å²) in [5, 5.41) is 9.47. The maximum atomic E-state index is 13.2. The first-order valence-electron chi connectivity index (χ1n) is 6.42. The molecule has 1 fully saturated rings. The molecule has 1 aliphatic heterocycles. The lowest BCUT2D eigenvalue weighted by Crippen LogP contribution is -2.46. The van der Waals surface area contributed by atoms with Crippen molar-refractivity contribution in [3.63, 3.8) is 0 Å². The highest BCUT2D eigenvalue weighted by molar-refractivity contribution is 7.09. The van der Waals surface area contributed by atoms with Crippen LogP contribution in [0.3, 0.4) is 0 Å². The van der Waals surface area contributed by atoms with Crippen LogP contribution in [0.4, 0.5) is 13.9 Å². The maximum absolute atomic E-state index is 13.2. The highest BCUT2D eigenvalue weighted by Crippen LogP contribution is 2.26. The molecule has 2 heterocycles. The van der Waals surface area contributed by atoms with E-state index in [2.05, 4.69) is 9.36 Å². The van der Waals surface area contributed by atoms with Crippen LogP contribution >= 0.6 is 11.5 Å². The van der Waals surface area contributed by atoms with Crippen molar-refractivity contribution in [1.82, 2.24) is 9.36 Å². The number of rotatable bonds is 3. The Morgan fingerprint density at radius 3 is 2.77 bits per heavy atom. The summed E-state index contributed by atoms with van der Waals surface area (Å²) in [5.74, 6) is -2.24. The predicted molar refractivity (Wildman–Crippen MR) is 74.8 cm³/mol. The lowest BCUT2D eigenvalue weighted by atomic mass is 10.2. The van der Waals surface area contributed by atoms with E-state index in [9.17, 15) is 13.6 Å².